The van der Waals surface area contributed by atoms with Crippen molar-refractivity contribution >= 4 is 5.78 Å². The van der Waals surface area contributed by atoms with Gasteiger partial charge in [0.05, 0.1) is 0 Å². The van der Waals surface area contributed by atoms with Crippen molar-refractivity contribution in [3.8, 4) is 0 Å². The lowest BCUT2D eigenvalue weighted by atomic mass is 9.88. The zero-order chi connectivity index (χ0) is 8.55. The van der Waals surface area contributed by atoms with Crippen LogP contribution in [-0.4, -0.2) is 17.9 Å². The number of Topliss-reactive ketones (excluding diaryl/α,β-unsaturated/α-hetero) is 1. The minimum atomic E-state index is 0.317. The molecule has 2 aliphatic rings. The zero-order valence-electron chi connectivity index (χ0n) is 7.68. The molecule has 0 spiro atoms. The maximum atomic E-state index is 11.3. The van der Waals surface area contributed by atoms with Gasteiger partial charge in [-0.15, -0.1) is 0 Å². The molecule has 2 rings (SSSR count). The largest absolute Gasteiger partial charge is 0.311 e. The second-order valence-electron chi connectivity index (χ2n) is 4.20. The molecule has 12 heavy (non-hydrogen) atoms. The van der Waals surface area contributed by atoms with Gasteiger partial charge in [-0.3, -0.25) is 4.79 Å². The van der Waals surface area contributed by atoms with Crippen molar-refractivity contribution in [2.45, 2.75) is 51.1 Å². The molecular weight excluding hydrogens is 150 g/mol. The van der Waals surface area contributed by atoms with Crippen molar-refractivity contribution in [1.82, 2.24) is 5.32 Å². The molecule has 2 unspecified atom stereocenters. The van der Waals surface area contributed by atoms with Gasteiger partial charge in [0, 0.05) is 18.0 Å². The highest BCUT2D eigenvalue weighted by Crippen LogP contribution is 2.30. The molecule has 2 aliphatic heterocycles. The highest BCUT2D eigenvalue weighted by atomic mass is 16.1. The fraction of sp³-hybridized carbons (Fsp3) is 0.900. The van der Waals surface area contributed by atoms with Gasteiger partial charge in [-0.2, -0.15) is 0 Å². The van der Waals surface area contributed by atoms with Crippen LogP contribution in [0.1, 0.15) is 39.0 Å². The van der Waals surface area contributed by atoms with Crippen molar-refractivity contribution in [3.63, 3.8) is 0 Å². The summed E-state index contributed by atoms with van der Waals surface area (Å²) in [5.41, 5.74) is 0. The Morgan fingerprint density at radius 1 is 1.25 bits per heavy atom. The summed E-state index contributed by atoms with van der Waals surface area (Å²) in [5, 5.41) is 3.56. The first-order valence-corrected chi connectivity index (χ1v) is 5.04. The minimum Gasteiger partial charge on any atom is -0.311 e. The summed E-state index contributed by atoms with van der Waals surface area (Å²) in [6.45, 7) is 1.74. The van der Waals surface area contributed by atoms with Gasteiger partial charge in [-0.25, -0.2) is 0 Å². The average Bonchev–Trinajstić information content (AvgIpc) is 2.30. The first-order valence-electron chi connectivity index (χ1n) is 5.04. The topological polar surface area (TPSA) is 29.1 Å². The van der Waals surface area contributed by atoms with Crippen molar-refractivity contribution in [2.75, 3.05) is 0 Å². The van der Waals surface area contributed by atoms with Gasteiger partial charge < -0.3 is 5.32 Å². The molecule has 0 amide bonds. The lowest BCUT2D eigenvalue weighted by Crippen LogP contribution is -2.35. The molecule has 2 nitrogen and oxygen atoms in total. The molecule has 0 aromatic rings. The molecule has 2 heteroatoms. The van der Waals surface area contributed by atoms with Gasteiger partial charge in [0.15, 0.2) is 0 Å². The molecule has 2 saturated heterocycles. The van der Waals surface area contributed by atoms with E-state index >= 15 is 0 Å². The van der Waals surface area contributed by atoms with Crippen LogP contribution in [0.5, 0.6) is 0 Å². The summed E-state index contributed by atoms with van der Waals surface area (Å²) in [7, 11) is 0. The van der Waals surface area contributed by atoms with E-state index in [-0.39, 0.29) is 0 Å². The number of rotatable bonds is 1. The Morgan fingerprint density at radius 3 is 2.83 bits per heavy atom. The minimum absolute atomic E-state index is 0.317. The van der Waals surface area contributed by atoms with E-state index in [9.17, 15) is 4.79 Å². The van der Waals surface area contributed by atoms with Gasteiger partial charge in [0.2, 0.25) is 0 Å². The van der Waals surface area contributed by atoms with Crippen LogP contribution in [0.4, 0.5) is 0 Å². The summed E-state index contributed by atoms with van der Waals surface area (Å²) in [6, 6.07) is 1.23. The van der Waals surface area contributed by atoms with E-state index in [1.165, 1.54) is 25.7 Å². The number of carbonyl (C=O) groups is 1. The Labute approximate surface area is 73.7 Å². The van der Waals surface area contributed by atoms with E-state index < -0.39 is 0 Å². The lowest BCUT2D eigenvalue weighted by Gasteiger charge is -2.18. The van der Waals surface area contributed by atoms with E-state index in [0.29, 0.717) is 17.7 Å². The van der Waals surface area contributed by atoms with Crippen molar-refractivity contribution in [2.24, 2.45) is 5.92 Å². The molecule has 2 heterocycles. The molecular formula is C10H17NO. The average molecular weight is 167 g/mol. The van der Waals surface area contributed by atoms with Gasteiger partial charge in [0.1, 0.15) is 5.78 Å². The Kier molecular flexibility index (Phi) is 2.18. The maximum Gasteiger partial charge on any atom is 0.134 e. The monoisotopic (exact) mass is 167 g/mol. The first-order chi connectivity index (χ1) is 5.77. The molecule has 3 atom stereocenters. The molecule has 1 N–H and O–H groups in total. The highest BCUT2D eigenvalue weighted by molar-refractivity contribution is 5.79. The van der Waals surface area contributed by atoms with Gasteiger partial charge in [-0.05, 0) is 32.6 Å². The van der Waals surface area contributed by atoms with Crippen LogP contribution in [-0.2, 0) is 4.79 Å². The molecule has 0 radical (unpaired) electrons. The summed E-state index contributed by atoms with van der Waals surface area (Å²) < 4.78 is 0. The second kappa shape index (κ2) is 3.17. The van der Waals surface area contributed by atoms with Crippen LogP contribution >= 0.6 is 0 Å². The van der Waals surface area contributed by atoms with E-state index in [2.05, 4.69) is 5.32 Å². The van der Waals surface area contributed by atoms with E-state index in [0.717, 1.165) is 12.5 Å². The number of carbonyl (C=O) groups excluding carboxylic acids is 1. The predicted octanol–water partition coefficient (Wildman–Crippen LogP) is 1.50. The first kappa shape index (κ1) is 8.24. The van der Waals surface area contributed by atoms with Crippen LogP contribution in [0.3, 0.4) is 0 Å². The van der Waals surface area contributed by atoms with Crippen LogP contribution < -0.4 is 5.32 Å². The third-order valence-corrected chi connectivity index (χ3v) is 3.35. The van der Waals surface area contributed by atoms with Gasteiger partial charge in [-0.1, -0.05) is 6.42 Å². The summed E-state index contributed by atoms with van der Waals surface area (Å²) in [6.07, 6.45) is 6.13. The lowest BCUT2D eigenvalue weighted by molar-refractivity contribution is -0.121. The van der Waals surface area contributed by atoms with Crippen LogP contribution in [0.15, 0.2) is 0 Å². The fourth-order valence-corrected chi connectivity index (χ4v) is 2.67. The number of hydrogen-bond acceptors (Lipinski definition) is 2. The second-order valence-corrected chi connectivity index (χ2v) is 4.20. The summed E-state index contributed by atoms with van der Waals surface area (Å²) in [5.74, 6) is 0.701. The molecule has 0 aliphatic carbocycles. The summed E-state index contributed by atoms with van der Waals surface area (Å²) >= 11 is 0. The number of hydrogen-bond donors (Lipinski definition) is 1. The van der Waals surface area contributed by atoms with Crippen molar-refractivity contribution < 1.29 is 4.79 Å². The van der Waals surface area contributed by atoms with E-state index in [1.54, 1.807) is 6.92 Å². The summed E-state index contributed by atoms with van der Waals surface area (Å²) in [4.78, 5) is 11.3. The molecule has 0 aromatic carbocycles. The molecule has 0 saturated carbocycles. The Bertz CT molecular complexity index is 190. The zero-order valence-corrected chi connectivity index (χ0v) is 7.68. The smallest absolute Gasteiger partial charge is 0.134 e. The SMILES string of the molecule is CC(=O)C1CCCC2CC[C@H]1N2. The van der Waals surface area contributed by atoms with E-state index in [4.69, 9.17) is 0 Å². The highest BCUT2D eigenvalue weighted by Gasteiger charge is 2.34. The maximum absolute atomic E-state index is 11.3. The molecule has 68 valence electrons. The predicted molar refractivity (Wildman–Crippen MR) is 48.0 cm³/mol. The third-order valence-electron chi connectivity index (χ3n) is 3.35. The molecule has 0 aromatic heterocycles. The number of ketones is 1. The van der Waals surface area contributed by atoms with E-state index in [1.807, 2.05) is 0 Å². The number of nitrogens with one attached hydrogen (secondary N) is 1. The standard InChI is InChI=1S/C10H17NO/c1-7(12)9-4-2-3-8-5-6-10(9)11-8/h8-11H,2-6H2,1H3/t8?,9?,10-/m1/s1. The van der Waals surface area contributed by atoms with Crippen LogP contribution in [0.25, 0.3) is 0 Å². The Balaban J connectivity index is 2.08. The Hall–Kier alpha value is -0.370. The van der Waals surface area contributed by atoms with Crippen molar-refractivity contribution in [3.05, 3.63) is 0 Å². The number of fused-ring (bicyclic) bond motifs is 2. The fourth-order valence-electron chi connectivity index (χ4n) is 2.67. The molecule has 2 bridgehead atoms. The Morgan fingerprint density at radius 2 is 2.08 bits per heavy atom. The van der Waals surface area contributed by atoms with Gasteiger partial charge in [0.25, 0.3) is 0 Å². The van der Waals surface area contributed by atoms with Crippen LogP contribution in [0.2, 0.25) is 0 Å². The normalized spacial score (nSPS) is 40.9. The van der Waals surface area contributed by atoms with Crippen LogP contribution in [0, 0.1) is 5.92 Å². The van der Waals surface area contributed by atoms with Crippen molar-refractivity contribution in [1.29, 1.82) is 0 Å². The third kappa shape index (κ3) is 1.40. The quantitative estimate of drug-likeness (QED) is 0.641. The molecule has 2 fully saturated rings. The van der Waals surface area contributed by atoms with Gasteiger partial charge >= 0.3 is 0 Å².